The Bertz CT molecular complexity index is 633. The molecule has 1 aromatic carbocycles. The number of nitrogens with one attached hydrogen (secondary N) is 1. The zero-order valence-electron chi connectivity index (χ0n) is 10.3. The van der Waals surface area contributed by atoms with Gasteiger partial charge in [0, 0.05) is 12.3 Å². The van der Waals surface area contributed by atoms with Crippen LogP contribution in [0.15, 0.2) is 47.4 Å². The van der Waals surface area contributed by atoms with Crippen molar-refractivity contribution < 1.29 is 14.6 Å². The van der Waals surface area contributed by atoms with Gasteiger partial charge < -0.3 is 14.8 Å². The molecule has 0 saturated heterocycles. The van der Waals surface area contributed by atoms with Crippen molar-refractivity contribution in [2.75, 3.05) is 7.11 Å². The number of aromatic nitrogens is 1. The van der Waals surface area contributed by atoms with Gasteiger partial charge in [-0.2, -0.15) is 0 Å². The molecule has 0 saturated carbocycles. The first-order chi connectivity index (χ1) is 9.13. The zero-order chi connectivity index (χ0) is 13.8. The predicted molar refractivity (Wildman–Crippen MR) is 68.9 cm³/mol. The summed E-state index contributed by atoms with van der Waals surface area (Å²) in [7, 11) is 1.20. The number of benzene rings is 1. The van der Waals surface area contributed by atoms with Gasteiger partial charge in [0.15, 0.2) is 5.43 Å². The van der Waals surface area contributed by atoms with Crippen molar-refractivity contribution in [3.63, 3.8) is 0 Å². The highest BCUT2D eigenvalue weighted by atomic mass is 16.5. The molecule has 0 amide bonds. The zero-order valence-corrected chi connectivity index (χ0v) is 10.3. The number of pyridine rings is 1. The minimum Gasteiger partial charge on any atom is -0.465 e. The quantitative estimate of drug-likeness (QED) is 0.813. The van der Waals surface area contributed by atoms with Gasteiger partial charge in [0.25, 0.3) is 0 Å². The molecule has 0 fully saturated rings. The average molecular weight is 259 g/mol. The smallest absolute Gasteiger partial charge is 0.343 e. The highest BCUT2D eigenvalue weighted by Gasteiger charge is 2.15. The van der Waals surface area contributed by atoms with Crippen molar-refractivity contribution in [1.82, 2.24) is 4.98 Å². The van der Waals surface area contributed by atoms with Gasteiger partial charge >= 0.3 is 5.97 Å². The summed E-state index contributed by atoms with van der Waals surface area (Å²) >= 11 is 0. The molecule has 0 unspecified atom stereocenters. The fraction of sp³-hybridized carbons (Fsp3) is 0.143. The molecule has 1 heterocycles. The second-order valence-electron chi connectivity index (χ2n) is 3.97. The van der Waals surface area contributed by atoms with E-state index in [-0.39, 0.29) is 5.56 Å². The van der Waals surface area contributed by atoms with Gasteiger partial charge in [0.2, 0.25) is 0 Å². The second kappa shape index (κ2) is 5.49. The first-order valence-electron chi connectivity index (χ1n) is 5.67. The molecule has 1 atom stereocenters. The second-order valence-corrected chi connectivity index (χ2v) is 3.97. The lowest BCUT2D eigenvalue weighted by Gasteiger charge is -2.11. The van der Waals surface area contributed by atoms with E-state index < -0.39 is 17.5 Å². The maximum Gasteiger partial charge on any atom is 0.343 e. The van der Waals surface area contributed by atoms with Crippen LogP contribution in [0.4, 0.5) is 0 Å². The lowest BCUT2D eigenvalue weighted by molar-refractivity contribution is 0.0598. The molecule has 2 N–H and O–H groups in total. The number of aliphatic hydroxyl groups excluding tert-OH is 1. The molecule has 19 heavy (non-hydrogen) atoms. The van der Waals surface area contributed by atoms with Crippen molar-refractivity contribution in [2.24, 2.45) is 0 Å². The molecule has 98 valence electrons. The fourth-order valence-corrected chi connectivity index (χ4v) is 1.73. The lowest BCUT2D eigenvalue weighted by atomic mass is 10.1. The highest BCUT2D eigenvalue weighted by Crippen LogP contribution is 2.18. The summed E-state index contributed by atoms with van der Waals surface area (Å²) in [5.74, 6) is -0.706. The van der Waals surface area contributed by atoms with Gasteiger partial charge in [-0.1, -0.05) is 30.3 Å². The number of aliphatic hydroxyl groups is 1. The van der Waals surface area contributed by atoms with Crippen molar-refractivity contribution in [2.45, 2.75) is 6.10 Å². The normalized spacial score (nSPS) is 11.9. The van der Waals surface area contributed by atoms with Crippen molar-refractivity contribution in [1.29, 1.82) is 0 Å². The first kappa shape index (κ1) is 13.0. The monoisotopic (exact) mass is 259 g/mol. The number of hydrogen-bond acceptors (Lipinski definition) is 4. The number of rotatable bonds is 3. The van der Waals surface area contributed by atoms with E-state index in [1.54, 1.807) is 24.3 Å². The Kier molecular flexibility index (Phi) is 3.77. The van der Waals surface area contributed by atoms with Crippen LogP contribution in [-0.4, -0.2) is 23.2 Å². The lowest BCUT2D eigenvalue weighted by Crippen LogP contribution is -2.18. The van der Waals surface area contributed by atoms with E-state index in [0.29, 0.717) is 11.3 Å². The van der Waals surface area contributed by atoms with Crippen LogP contribution in [0.1, 0.15) is 27.7 Å². The van der Waals surface area contributed by atoms with E-state index in [9.17, 15) is 14.7 Å². The molecule has 0 spiro atoms. The van der Waals surface area contributed by atoms with E-state index in [1.165, 1.54) is 19.4 Å². The maximum atomic E-state index is 11.7. The summed E-state index contributed by atoms with van der Waals surface area (Å²) in [6.45, 7) is 0. The fourth-order valence-electron chi connectivity index (χ4n) is 1.73. The largest absolute Gasteiger partial charge is 0.465 e. The number of carbonyl (C=O) groups is 1. The molecule has 2 aromatic rings. The summed E-state index contributed by atoms with van der Waals surface area (Å²) < 4.78 is 4.48. The van der Waals surface area contributed by atoms with Gasteiger partial charge in [-0.15, -0.1) is 0 Å². The molecule has 0 radical (unpaired) electrons. The van der Waals surface area contributed by atoms with Gasteiger partial charge in [-0.3, -0.25) is 4.79 Å². The average Bonchev–Trinajstić information content (AvgIpc) is 2.46. The van der Waals surface area contributed by atoms with Crippen LogP contribution in [0.2, 0.25) is 0 Å². The third kappa shape index (κ3) is 2.71. The van der Waals surface area contributed by atoms with Crippen molar-refractivity contribution >= 4 is 5.97 Å². The predicted octanol–water partition coefficient (Wildman–Crippen LogP) is 1.24. The summed E-state index contributed by atoms with van der Waals surface area (Å²) in [5.41, 5.74) is 0.398. The molecule has 0 aliphatic heterocycles. The summed E-state index contributed by atoms with van der Waals surface area (Å²) in [4.78, 5) is 25.8. The molecule has 0 aliphatic carbocycles. The molecular formula is C14H13NO4. The molecule has 1 aromatic heterocycles. The minimum atomic E-state index is -0.944. The molecule has 0 aliphatic rings. The minimum absolute atomic E-state index is 0.0912. The van der Waals surface area contributed by atoms with Crippen LogP contribution < -0.4 is 5.43 Å². The number of methoxy groups -OCH3 is 1. The van der Waals surface area contributed by atoms with Crippen LogP contribution in [0.5, 0.6) is 0 Å². The van der Waals surface area contributed by atoms with Gasteiger partial charge in [-0.05, 0) is 5.56 Å². The molecule has 5 heteroatoms. The van der Waals surface area contributed by atoms with Crippen LogP contribution in [-0.2, 0) is 4.74 Å². The Morgan fingerprint density at radius 2 is 2.00 bits per heavy atom. The standard InChI is InChI=1S/C14H13NO4/c1-19-14(18)10-8-15-11(7-12(10)16)13(17)9-5-3-2-4-6-9/h2-8,13,17H,1H3,(H,15,16)/t13-/m0/s1. The Labute approximate surface area is 109 Å². The summed E-state index contributed by atoms with van der Waals surface area (Å²) in [5, 5.41) is 10.1. The highest BCUT2D eigenvalue weighted by molar-refractivity contribution is 5.88. The Morgan fingerprint density at radius 1 is 1.32 bits per heavy atom. The van der Waals surface area contributed by atoms with E-state index in [1.807, 2.05) is 6.07 Å². The van der Waals surface area contributed by atoms with Crippen molar-refractivity contribution in [3.8, 4) is 0 Å². The number of carbonyl (C=O) groups excluding carboxylic acids is 1. The van der Waals surface area contributed by atoms with Crippen LogP contribution in [0, 0.1) is 0 Å². The number of esters is 1. The molecule has 2 rings (SSSR count). The summed E-state index contributed by atoms with van der Waals surface area (Å²) in [6, 6.07) is 10.1. The van der Waals surface area contributed by atoms with Gasteiger partial charge in [0.05, 0.1) is 12.8 Å². The topological polar surface area (TPSA) is 79.4 Å². The number of aromatic amines is 1. The third-order valence-electron chi connectivity index (χ3n) is 2.75. The summed E-state index contributed by atoms with van der Waals surface area (Å²) in [6.07, 6.45) is 0.302. The van der Waals surface area contributed by atoms with E-state index in [4.69, 9.17) is 0 Å². The SMILES string of the molecule is COC(=O)c1c[nH]c([C@@H](O)c2ccccc2)cc1=O. The van der Waals surface area contributed by atoms with Crippen molar-refractivity contribution in [3.05, 3.63) is 69.6 Å². The number of hydrogen-bond donors (Lipinski definition) is 2. The third-order valence-corrected chi connectivity index (χ3v) is 2.75. The molecule has 0 bridgehead atoms. The van der Waals surface area contributed by atoms with E-state index >= 15 is 0 Å². The van der Waals surface area contributed by atoms with E-state index in [2.05, 4.69) is 9.72 Å². The maximum absolute atomic E-state index is 11.7. The first-order valence-corrected chi connectivity index (χ1v) is 5.67. The van der Waals surface area contributed by atoms with Gasteiger partial charge in [0.1, 0.15) is 11.7 Å². The molecular weight excluding hydrogens is 246 g/mol. The van der Waals surface area contributed by atoms with Crippen LogP contribution >= 0.6 is 0 Å². The molecule has 5 nitrogen and oxygen atoms in total. The number of H-pyrrole nitrogens is 1. The van der Waals surface area contributed by atoms with E-state index in [0.717, 1.165) is 0 Å². The Balaban J connectivity index is 2.35. The van der Waals surface area contributed by atoms with Gasteiger partial charge in [-0.25, -0.2) is 4.79 Å². The Hall–Kier alpha value is -2.40. The van der Waals surface area contributed by atoms with Crippen LogP contribution in [0.25, 0.3) is 0 Å². The van der Waals surface area contributed by atoms with Crippen LogP contribution in [0.3, 0.4) is 0 Å². The Morgan fingerprint density at radius 3 is 2.58 bits per heavy atom. The number of ether oxygens (including phenoxy) is 1.